The Balaban J connectivity index is 1.51. The van der Waals surface area contributed by atoms with Crippen molar-refractivity contribution in [1.82, 2.24) is 10.4 Å². The van der Waals surface area contributed by atoms with Crippen LogP contribution in [-0.2, 0) is 0 Å². The summed E-state index contributed by atoms with van der Waals surface area (Å²) in [5.74, 6) is 1.12. The lowest BCUT2D eigenvalue weighted by atomic mass is 10.1. The van der Waals surface area contributed by atoms with Gasteiger partial charge in [-0.25, -0.2) is 10.4 Å². The molecule has 0 fully saturated rings. The Morgan fingerprint density at radius 2 is 1.93 bits per heavy atom. The van der Waals surface area contributed by atoms with E-state index in [9.17, 15) is 4.79 Å². The molecular weight excluding hydrogens is 362 g/mol. The van der Waals surface area contributed by atoms with Crippen LogP contribution in [0.3, 0.4) is 0 Å². The zero-order chi connectivity index (χ0) is 18.8. The van der Waals surface area contributed by atoms with Crippen molar-refractivity contribution >= 4 is 23.0 Å². The summed E-state index contributed by atoms with van der Waals surface area (Å²) < 4.78 is 10.7. The number of amides is 1. The van der Waals surface area contributed by atoms with Crippen LogP contribution in [0.1, 0.15) is 27.9 Å². The maximum atomic E-state index is 12.5. The molecular formula is C20H17N3O3S. The molecule has 1 amide bonds. The van der Waals surface area contributed by atoms with Crippen LogP contribution in [0.2, 0.25) is 0 Å². The minimum absolute atomic E-state index is 0.222. The first-order chi connectivity index (χ1) is 13.1. The summed E-state index contributed by atoms with van der Waals surface area (Å²) in [6, 6.07) is 15.4. The van der Waals surface area contributed by atoms with Crippen LogP contribution in [0.15, 0.2) is 53.6 Å². The molecule has 0 saturated heterocycles. The molecule has 2 heterocycles. The number of aromatic nitrogens is 1. The Morgan fingerprint density at radius 3 is 2.74 bits per heavy atom. The van der Waals surface area contributed by atoms with Crippen molar-refractivity contribution < 1.29 is 14.3 Å². The molecule has 6 nitrogen and oxygen atoms in total. The first-order valence-corrected chi connectivity index (χ1v) is 9.21. The summed E-state index contributed by atoms with van der Waals surface area (Å²) in [6.45, 7) is 3.87. The van der Waals surface area contributed by atoms with Gasteiger partial charge in [0.1, 0.15) is 9.88 Å². The summed E-state index contributed by atoms with van der Waals surface area (Å²) in [6.07, 6.45) is 0. The van der Waals surface area contributed by atoms with Crippen LogP contribution < -0.4 is 14.9 Å². The highest BCUT2D eigenvalue weighted by Crippen LogP contribution is 2.32. The normalized spacial score (nSPS) is 12.9. The summed E-state index contributed by atoms with van der Waals surface area (Å²) in [4.78, 5) is 17.6. The number of rotatable bonds is 4. The molecule has 1 aromatic heterocycles. The standard InChI is InChI=1S/C20H17N3O3S/c1-12(15-8-9-16-17(10-15)26-11-25-16)22-23-19(24)18-13(2)21-20(27-18)14-6-4-3-5-7-14/h3-10H,11H2,1-2H3,(H,23,24). The Labute approximate surface area is 160 Å². The Kier molecular flexibility index (Phi) is 4.60. The third kappa shape index (κ3) is 3.54. The maximum absolute atomic E-state index is 12.5. The van der Waals surface area contributed by atoms with E-state index in [1.165, 1.54) is 11.3 Å². The highest BCUT2D eigenvalue weighted by Gasteiger charge is 2.17. The van der Waals surface area contributed by atoms with Gasteiger partial charge in [-0.15, -0.1) is 11.3 Å². The number of fused-ring (bicyclic) bond motifs is 1. The average Bonchev–Trinajstić information content (AvgIpc) is 3.32. The molecule has 0 radical (unpaired) electrons. The van der Waals surface area contributed by atoms with Gasteiger partial charge in [-0.05, 0) is 32.0 Å². The van der Waals surface area contributed by atoms with Crippen LogP contribution in [0, 0.1) is 6.92 Å². The first-order valence-electron chi connectivity index (χ1n) is 8.39. The Morgan fingerprint density at radius 1 is 1.15 bits per heavy atom. The molecule has 136 valence electrons. The van der Waals surface area contributed by atoms with E-state index in [2.05, 4.69) is 15.5 Å². The van der Waals surface area contributed by atoms with Gasteiger partial charge in [-0.2, -0.15) is 5.10 Å². The summed E-state index contributed by atoms with van der Waals surface area (Å²) in [5, 5.41) is 5.03. The molecule has 27 heavy (non-hydrogen) atoms. The van der Waals surface area contributed by atoms with Gasteiger partial charge < -0.3 is 9.47 Å². The van der Waals surface area contributed by atoms with Crippen LogP contribution in [0.5, 0.6) is 11.5 Å². The van der Waals surface area contributed by atoms with Crippen molar-refractivity contribution in [2.75, 3.05) is 6.79 Å². The molecule has 0 saturated carbocycles. The van der Waals surface area contributed by atoms with Gasteiger partial charge >= 0.3 is 0 Å². The number of thiazole rings is 1. The second-order valence-electron chi connectivity index (χ2n) is 6.01. The molecule has 0 unspecified atom stereocenters. The molecule has 0 bridgehead atoms. The molecule has 2 aromatic carbocycles. The van der Waals surface area contributed by atoms with E-state index in [0.29, 0.717) is 27.8 Å². The number of carbonyl (C=O) groups excluding carboxylic acids is 1. The molecule has 1 aliphatic heterocycles. The Hall–Kier alpha value is -3.19. The van der Waals surface area contributed by atoms with Gasteiger partial charge in [0, 0.05) is 11.1 Å². The predicted molar refractivity (Wildman–Crippen MR) is 105 cm³/mol. The number of nitrogens with zero attached hydrogens (tertiary/aromatic N) is 2. The van der Waals surface area contributed by atoms with Crippen molar-refractivity contribution in [3.8, 4) is 22.1 Å². The second kappa shape index (κ2) is 7.20. The highest BCUT2D eigenvalue weighted by molar-refractivity contribution is 7.17. The summed E-state index contributed by atoms with van der Waals surface area (Å²) >= 11 is 1.36. The zero-order valence-electron chi connectivity index (χ0n) is 14.9. The van der Waals surface area contributed by atoms with Crippen LogP contribution >= 0.6 is 11.3 Å². The number of hydrazone groups is 1. The number of hydrogen-bond acceptors (Lipinski definition) is 6. The quantitative estimate of drug-likeness (QED) is 0.549. The number of nitrogens with one attached hydrogen (secondary N) is 1. The molecule has 0 aliphatic carbocycles. The SMILES string of the molecule is CC(=NNC(=O)c1sc(-c2ccccc2)nc1C)c1ccc2c(c1)OCO2. The van der Waals surface area contributed by atoms with E-state index in [1.54, 1.807) is 0 Å². The topological polar surface area (TPSA) is 72.8 Å². The van der Waals surface area contributed by atoms with Crippen molar-refractivity contribution in [3.63, 3.8) is 0 Å². The average molecular weight is 379 g/mol. The number of carbonyl (C=O) groups is 1. The molecule has 0 atom stereocenters. The van der Waals surface area contributed by atoms with E-state index in [4.69, 9.17) is 9.47 Å². The van der Waals surface area contributed by atoms with Gasteiger partial charge in [0.15, 0.2) is 11.5 Å². The lowest BCUT2D eigenvalue weighted by Gasteiger charge is -2.03. The van der Waals surface area contributed by atoms with Gasteiger partial charge in [0.25, 0.3) is 5.91 Å². The monoisotopic (exact) mass is 379 g/mol. The number of benzene rings is 2. The summed E-state index contributed by atoms with van der Waals surface area (Å²) in [7, 11) is 0. The van der Waals surface area contributed by atoms with E-state index in [1.807, 2.05) is 62.4 Å². The fraction of sp³-hybridized carbons (Fsp3) is 0.150. The lowest BCUT2D eigenvalue weighted by molar-refractivity contribution is 0.0958. The number of ether oxygens (including phenoxy) is 2. The molecule has 1 N–H and O–H groups in total. The van der Waals surface area contributed by atoms with E-state index in [0.717, 1.165) is 16.1 Å². The largest absolute Gasteiger partial charge is 0.454 e. The van der Waals surface area contributed by atoms with E-state index >= 15 is 0 Å². The van der Waals surface area contributed by atoms with Crippen molar-refractivity contribution in [3.05, 3.63) is 64.7 Å². The van der Waals surface area contributed by atoms with E-state index in [-0.39, 0.29) is 12.7 Å². The molecule has 1 aliphatic rings. The zero-order valence-corrected chi connectivity index (χ0v) is 15.7. The third-order valence-electron chi connectivity index (χ3n) is 4.14. The third-order valence-corrected chi connectivity index (χ3v) is 5.34. The van der Waals surface area contributed by atoms with Crippen LogP contribution in [0.4, 0.5) is 0 Å². The molecule has 0 spiro atoms. The van der Waals surface area contributed by atoms with Gasteiger partial charge in [-0.1, -0.05) is 30.3 Å². The van der Waals surface area contributed by atoms with Crippen LogP contribution in [-0.4, -0.2) is 23.4 Å². The van der Waals surface area contributed by atoms with Crippen LogP contribution in [0.25, 0.3) is 10.6 Å². The molecule has 4 rings (SSSR count). The fourth-order valence-corrected chi connectivity index (χ4v) is 3.64. The minimum atomic E-state index is -0.271. The number of hydrogen-bond donors (Lipinski definition) is 1. The minimum Gasteiger partial charge on any atom is -0.454 e. The smallest absolute Gasteiger partial charge is 0.283 e. The highest BCUT2D eigenvalue weighted by atomic mass is 32.1. The van der Waals surface area contributed by atoms with E-state index < -0.39 is 0 Å². The first kappa shape index (κ1) is 17.2. The lowest BCUT2D eigenvalue weighted by Crippen LogP contribution is -2.19. The van der Waals surface area contributed by atoms with Gasteiger partial charge in [0.05, 0.1) is 11.4 Å². The maximum Gasteiger partial charge on any atom is 0.283 e. The molecule has 7 heteroatoms. The van der Waals surface area contributed by atoms with Gasteiger partial charge in [-0.3, -0.25) is 4.79 Å². The van der Waals surface area contributed by atoms with Crippen molar-refractivity contribution in [2.24, 2.45) is 5.10 Å². The number of aryl methyl sites for hydroxylation is 1. The summed E-state index contributed by atoms with van der Waals surface area (Å²) in [5.41, 5.74) is 5.82. The molecule has 3 aromatic rings. The fourth-order valence-electron chi connectivity index (χ4n) is 2.68. The predicted octanol–water partition coefficient (Wildman–Crippen LogP) is 4.00. The second-order valence-corrected chi connectivity index (χ2v) is 7.00. The van der Waals surface area contributed by atoms with Crippen molar-refractivity contribution in [2.45, 2.75) is 13.8 Å². The van der Waals surface area contributed by atoms with Gasteiger partial charge in [0.2, 0.25) is 6.79 Å². The van der Waals surface area contributed by atoms with Crippen molar-refractivity contribution in [1.29, 1.82) is 0 Å². The Bertz CT molecular complexity index is 1030.